The van der Waals surface area contributed by atoms with E-state index < -0.39 is 33.6 Å². The van der Waals surface area contributed by atoms with E-state index in [1.807, 2.05) is 6.92 Å². The largest absolute Gasteiger partial charge is 0.744 e. The third-order valence-electron chi connectivity index (χ3n) is 9.33. The van der Waals surface area contributed by atoms with Gasteiger partial charge in [0.25, 0.3) is 0 Å². The summed E-state index contributed by atoms with van der Waals surface area (Å²) in [5.74, 6) is 0.215. The number of likely N-dealkylation sites (tertiary alicyclic amines) is 1. The number of nitrogens with one attached hydrogen (secondary N) is 1. The lowest BCUT2D eigenvalue weighted by atomic mass is 9.89. The first kappa shape index (κ1) is 38.7. The van der Waals surface area contributed by atoms with Gasteiger partial charge in [-0.2, -0.15) is 18.3 Å². The average Bonchev–Trinajstić information content (AvgIpc) is 3.69. The molecule has 12 nitrogen and oxygen atoms in total. The standard InChI is InChI=1S/C31H32F3N7O2.C6H6O3S/c1-20(22-14-17-41(4,5)18-15-22)37-29(42)39-28(27-13-16-36-40(27)25-11-9-24(35-3)10-12-25)21(2)38(30(39)43)26-8-6-7-23(19-26)31(32,33)34;7-10(8,9)6-4-2-1-3-5-6/h6-13,16,19-20,22H,14-15,17-18H2,1-2,4-5H3;1-5H,(H,7,8,9). The zero-order valence-corrected chi connectivity index (χ0v) is 30.2. The SMILES string of the molecule is O=S(=O)([O-])c1ccccc1.[C-]#[N+]c1ccc(-n2nccc2-c2c(C)n(-c3cccc(C(F)(F)F)c3)c(=O)n2C(=O)NC(C)C2CC[N+](C)(C)CC2)cc1. The van der Waals surface area contributed by atoms with Crippen LogP contribution in [0.4, 0.5) is 23.7 Å². The van der Waals surface area contributed by atoms with Gasteiger partial charge in [-0.25, -0.2) is 32.1 Å². The highest BCUT2D eigenvalue weighted by Gasteiger charge is 2.34. The minimum atomic E-state index is -4.62. The maximum atomic E-state index is 14.0. The van der Waals surface area contributed by atoms with Crippen molar-refractivity contribution >= 4 is 21.8 Å². The summed E-state index contributed by atoms with van der Waals surface area (Å²) in [5, 5.41) is 7.40. The number of carbonyl (C=O) groups excluding carboxylic acids is 1. The minimum absolute atomic E-state index is 0.0158. The molecule has 53 heavy (non-hydrogen) atoms. The number of benzene rings is 3. The summed E-state index contributed by atoms with van der Waals surface area (Å²) in [6, 6.07) is 19.0. The van der Waals surface area contributed by atoms with Crippen molar-refractivity contribution in [3.8, 4) is 22.8 Å². The first-order chi connectivity index (χ1) is 24.9. The fraction of sp³-hybridized carbons (Fsp3) is 0.297. The highest BCUT2D eigenvalue weighted by molar-refractivity contribution is 7.85. The van der Waals surface area contributed by atoms with Crippen LogP contribution in [0.25, 0.3) is 27.6 Å². The lowest BCUT2D eigenvalue weighted by molar-refractivity contribution is -0.896. The number of carbonyl (C=O) groups is 1. The van der Waals surface area contributed by atoms with E-state index in [1.54, 1.807) is 43.3 Å². The molecule has 1 amide bonds. The van der Waals surface area contributed by atoms with Gasteiger partial charge in [-0.05, 0) is 68.3 Å². The number of quaternary nitrogens is 1. The van der Waals surface area contributed by atoms with Crippen LogP contribution in [0.1, 0.15) is 31.0 Å². The Morgan fingerprint density at radius 1 is 1.00 bits per heavy atom. The molecule has 1 N–H and O–H groups in total. The van der Waals surface area contributed by atoms with Gasteiger partial charge in [0.05, 0.1) is 73.2 Å². The normalized spacial score (nSPS) is 15.2. The monoisotopic (exact) mass is 749 g/mol. The Morgan fingerprint density at radius 2 is 1.64 bits per heavy atom. The lowest BCUT2D eigenvalue weighted by Gasteiger charge is -2.39. The van der Waals surface area contributed by atoms with Crippen LogP contribution in [0.2, 0.25) is 0 Å². The second-order valence-corrected chi connectivity index (χ2v) is 14.8. The highest BCUT2D eigenvalue weighted by Crippen LogP contribution is 2.32. The van der Waals surface area contributed by atoms with Gasteiger partial charge in [0.1, 0.15) is 15.8 Å². The number of piperidine rings is 1. The molecule has 1 aliphatic rings. The molecule has 16 heteroatoms. The van der Waals surface area contributed by atoms with E-state index in [9.17, 15) is 35.7 Å². The molecule has 1 atom stereocenters. The third-order valence-corrected chi connectivity index (χ3v) is 10.2. The molecule has 0 bridgehead atoms. The predicted octanol–water partition coefficient (Wildman–Crippen LogP) is 6.39. The van der Waals surface area contributed by atoms with Crippen LogP contribution in [0.15, 0.2) is 101 Å². The van der Waals surface area contributed by atoms with Crippen LogP contribution < -0.4 is 11.0 Å². The molecule has 278 valence electrons. The second-order valence-electron chi connectivity index (χ2n) is 13.4. The molecule has 0 saturated carbocycles. The molecule has 1 saturated heterocycles. The quantitative estimate of drug-likeness (QED) is 0.121. The van der Waals surface area contributed by atoms with E-state index in [0.29, 0.717) is 17.1 Å². The molecule has 3 aromatic carbocycles. The Kier molecular flexibility index (Phi) is 11.1. The lowest BCUT2D eigenvalue weighted by Crippen LogP contribution is -2.51. The fourth-order valence-electron chi connectivity index (χ4n) is 6.33. The zero-order chi connectivity index (χ0) is 38.7. The summed E-state index contributed by atoms with van der Waals surface area (Å²) in [6.07, 6.45) is -1.28. The number of nitrogens with zero attached hydrogens (tertiary/aromatic N) is 6. The summed E-state index contributed by atoms with van der Waals surface area (Å²) in [6.45, 7) is 12.7. The topological polar surface area (TPSA) is 135 Å². The maximum Gasteiger partial charge on any atom is 0.416 e. The predicted molar refractivity (Wildman–Crippen MR) is 191 cm³/mol. The highest BCUT2D eigenvalue weighted by atomic mass is 32.2. The van der Waals surface area contributed by atoms with E-state index in [2.05, 4.69) is 29.4 Å². The van der Waals surface area contributed by atoms with Crippen LogP contribution in [0.3, 0.4) is 0 Å². The molecule has 0 radical (unpaired) electrons. The summed E-state index contributed by atoms with van der Waals surface area (Å²) < 4.78 is 76.2. The van der Waals surface area contributed by atoms with Crippen molar-refractivity contribution in [3.05, 3.63) is 124 Å². The Morgan fingerprint density at radius 3 is 2.21 bits per heavy atom. The van der Waals surface area contributed by atoms with Crippen molar-refractivity contribution in [3.63, 3.8) is 0 Å². The first-order valence-electron chi connectivity index (χ1n) is 16.6. The Bertz CT molecular complexity index is 2300. The summed E-state index contributed by atoms with van der Waals surface area (Å²) >= 11 is 0. The smallest absolute Gasteiger partial charge is 0.416 e. The molecule has 1 aliphatic heterocycles. The Balaban J connectivity index is 0.000000469. The molecule has 1 fully saturated rings. The number of hydrogen-bond acceptors (Lipinski definition) is 6. The van der Waals surface area contributed by atoms with Gasteiger partial charge < -0.3 is 14.4 Å². The Hall–Kier alpha value is -5.50. The molecular weight excluding hydrogens is 712 g/mol. The molecule has 6 rings (SSSR count). The fourth-order valence-corrected chi connectivity index (χ4v) is 6.82. The van der Waals surface area contributed by atoms with Crippen molar-refractivity contribution in [2.24, 2.45) is 5.92 Å². The van der Waals surface area contributed by atoms with Crippen LogP contribution in [0.5, 0.6) is 0 Å². The van der Waals surface area contributed by atoms with Gasteiger partial charge in [-0.1, -0.05) is 36.4 Å². The molecule has 1 unspecified atom stereocenters. The van der Waals surface area contributed by atoms with Crippen LogP contribution in [-0.2, 0) is 16.3 Å². The average molecular weight is 750 g/mol. The minimum Gasteiger partial charge on any atom is -0.744 e. The zero-order valence-electron chi connectivity index (χ0n) is 29.4. The number of imidazole rings is 1. The van der Waals surface area contributed by atoms with Crippen molar-refractivity contribution in [1.29, 1.82) is 0 Å². The maximum absolute atomic E-state index is 14.0. The molecule has 3 heterocycles. The van der Waals surface area contributed by atoms with E-state index in [0.717, 1.165) is 51.7 Å². The van der Waals surface area contributed by atoms with E-state index in [-0.39, 0.29) is 33.9 Å². The molecular formula is C37H38F3N7O5S. The number of hydrogen-bond donors (Lipinski definition) is 1. The van der Waals surface area contributed by atoms with E-state index >= 15 is 0 Å². The van der Waals surface area contributed by atoms with Crippen LogP contribution in [-0.4, -0.2) is 75.6 Å². The van der Waals surface area contributed by atoms with Gasteiger partial charge in [0.15, 0.2) is 5.69 Å². The molecule has 0 spiro atoms. The number of amides is 1. The first-order valence-corrected chi connectivity index (χ1v) is 18.0. The molecule has 0 aliphatic carbocycles. The van der Waals surface area contributed by atoms with Gasteiger partial charge in [0.2, 0.25) is 0 Å². The van der Waals surface area contributed by atoms with Crippen LogP contribution in [0, 0.1) is 19.4 Å². The summed E-state index contributed by atoms with van der Waals surface area (Å²) in [4.78, 5) is 31.1. The summed E-state index contributed by atoms with van der Waals surface area (Å²) in [5.41, 5.74) is 0.132. The number of halogens is 3. The Labute approximate surface area is 304 Å². The third kappa shape index (κ3) is 8.76. The van der Waals surface area contributed by atoms with E-state index in [1.165, 1.54) is 47.3 Å². The van der Waals surface area contributed by atoms with Gasteiger partial charge >= 0.3 is 17.9 Å². The van der Waals surface area contributed by atoms with Crippen molar-refractivity contribution in [1.82, 2.24) is 24.2 Å². The number of rotatable bonds is 6. The summed E-state index contributed by atoms with van der Waals surface area (Å²) in [7, 11) is 0.0864. The van der Waals surface area contributed by atoms with Gasteiger partial charge in [-0.3, -0.25) is 4.57 Å². The van der Waals surface area contributed by atoms with Crippen molar-refractivity contribution in [2.45, 2.75) is 43.8 Å². The number of aromatic nitrogens is 4. The second kappa shape index (κ2) is 15.2. The molecule has 5 aromatic rings. The molecule has 2 aromatic heterocycles. The van der Waals surface area contributed by atoms with Gasteiger partial charge in [-0.15, -0.1) is 0 Å². The van der Waals surface area contributed by atoms with Crippen molar-refractivity contribution in [2.75, 3.05) is 27.2 Å². The van der Waals surface area contributed by atoms with E-state index in [4.69, 9.17) is 6.57 Å². The number of alkyl halides is 3. The van der Waals surface area contributed by atoms with Crippen LogP contribution >= 0.6 is 0 Å². The van der Waals surface area contributed by atoms with Gasteiger partial charge in [0, 0.05) is 18.9 Å². The van der Waals surface area contributed by atoms with Crippen molar-refractivity contribution < 1.29 is 35.4 Å².